The van der Waals surface area contributed by atoms with Crippen LogP contribution >= 0.6 is 0 Å². The molecule has 7 heterocycles. The minimum Gasteiger partial charge on any atom is -0.489 e. The third-order valence-corrected chi connectivity index (χ3v) is 16.2. The van der Waals surface area contributed by atoms with E-state index >= 15 is 0 Å². The van der Waals surface area contributed by atoms with E-state index in [0.717, 1.165) is 55.2 Å². The number of ether oxygens (including phenoxy) is 4. The number of amides is 1. The van der Waals surface area contributed by atoms with Crippen LogP contribution in [-0.2, 0) is 19.5 Å². The number of aromatic amines is 1. The summed E-state index contributed by atoms with van der Waals surface area (Å²) in [5, 5.41) is 16.4. The standard InChI is InChI=1S/C50H56N8O9S/c1-30(2)36-7-4-5-8-37(36)40-9-6-16-56(40)34-25-50(26-34)13-17-55(18-14-50)33-10-11-38(41(22-33)57-27-31(3)67-49-43(57)21-32-12-15-51-47(32)53-49)48(59)54-68(62,63)35-23-42(58(60)61)46-44(24-35)66-28-39(52-46)45-29-64-19-20-65-45/h4-5,7-8,10-12,15,21-24,31,34,39-40,45,52H,1,6,9,13-14,16-20,25-29H2,2-3H3,(H,51,53)(H,54,59)/t31-,39-,40+,45-/m1/s1. The molecular weight excluding hydrogens is 889 g/mol. The Bertz CT molecular complexity index is 2920. The highest BCUT2D eigenvalue weighted by molar-refractivity contribution is 7.90. The minimum atomic E-state index is -4.68. The summed E-state index contributed by atoms with van der Waals surface area (Å²) in [5.74, 6) is -0.551. The summed E-state index contributed by atoms with van der Waals surface area (Å²) in [6.45, 7) is 12.6. The van der Waals surface area contributed by atoms with E-state index < -0.39 is 43.6 Å². The van der Waals surface area contributed by atoms with Crippen molar-refractivity contribution in [1.82, 2.24) is 19.6 Å². The lowest BCUT2D eigenvalue weighted by atomic mass is 9.59. The van der Waals surface area contributed by atoms with Crippen LogP contribution in [0.1, 0.15) is 79.9 Å². The summed E-state index contributed by atoms with van der Waals surface area (Å²) in [5.41, 5.74) is 6.32. The number of carbonyl (C=O) groups excluding carboxylic acids is 1. The van der Waals surface area contributed by atoms with Crippen LogP contribution in [0.25, 0.3) is 16.6 Å². The molecule has 1 saturated carbocycles. The molecule has 0 radical (unpaired) electrons. The van der Waals surface area contributed by atoms with E-state index in [1.807, 2.05) is 36.1 Å². The highest BCUT2D eigenvalue weighted by atomic mass is 32.2. The van der Waals surface area contributed by atoms with Crippen molar-refractivity contribution in [1.29, 1.82) is 0 Å². The van der Waals surface area contributed by atoms with Crippen LogP contribution in [0.3, 0.4) is 0 Å². The van der Waals surface area contributed by atoms with Gasteiger partial charge in [0.1, 0.15) is 30.1 Å². The summed E-state index contributed by atoms with van der Waals surface area (Å²) in [6.07, 6.45) is 7.85. The summed E-state index contributed by atoms with van der Waals surface area (Å²) >= 11 is 0. The lowest BCUT2D eigenvalue weighted by Gasteiger charge is -2.56. The average molecular weight is 945 g/mol. The second kappa shape index (κ2) is 17.4. The molecule has 5 aliphatic heterocycles. The molecule has 18 heteroatoms. The van der Waals surface area contributed by atoms with Crippen molar-refractivity contribution in [2.24, 2.45) is 5.41 Å². The van der Waals surface area contributed by atoms with Crippen LogP contribution in [0, 0.1) is 15.5 Å². The normalized spacial score (nSPS) is 23.7. The molecule has 1 spiro atoms. The van der Waals surface area contributed by atoms with Gasteiger partial charge in [0.15, 0.2) is 11.4 Å². The van der Waals surface area contributed by atoms with Gasteiger partial charge in [0.25, 0.3) is 21.6 Å². The van der Waals surface area contributed by atoms with Crippen molar-refractivity contribution in [2.75, 3.05) is 67.7 Å². The predicted molar refractivity (Wildman–Crippen MR) is 258 cm³/mol. The van der Waals surface area contributed by atoms with Gasteiger partial charge in [-0.1, -0.05) is 36.4 Å². The van der Waals surface area contributed by atoms with Crippen molar-refractivity contribution in [3.63, 3.8) is 0 Å². The van der Waals surface area contributed by atoms with E-state index in [1.54, 1.807) is 12.3 Å². The number of nitro groups is 1. The van der Waals surface area contributed by atoms with Gasteiger partial charge in [-0.2, -0.15) is 4.98 Å². The van der Waals surface area contributed by atoms with Crippen LogP contribution in [-0.4, -0.2) is 111 Å². The quantitative estimate of drug-likeness (QED) is 0.0910. The fourth-order valence-corrected chi connectivity index (χ4v) is 12.5. The Hall–Kier alpha value is -6.21. The Kier molecular flexibility index (Phi) is 11.3. The summed E-state index contributed by atoms with van der Waals surface area (Å²) in [4.78, 5) is 40.7. The molecule has 5 aromatic rings. The number of benzene rings is 3. The van der Waals surface area contributed by atoms with Crippen LogP contribution in [0.5, 0.6) is 11.6 Å². The van der Waals surface area contributed by atoms with Crippen LogP contribution in [0.15, 0.2) is 84.4 Å². The molecule has 3 saturated heterocycles. The number of aromatic nitrogens is 2. The number of piperidine rings is 1. The van der Waals surface area contributed by atoms with Gasteiger partial charge >= 0.3 is 0 Å². The Labute approximate surface area is 395 Å². The van der Waals surface area contributed by atoms with E-state index in [2.05, 4.69) is 62.6 Å². The topological polar surface area (TPSA) is 194 Å². The highest BCUT2D eigenvalue weighted by Crippen LogP contribution is 2.54. The first-order valence-electron chi connectivity index (χ1n) is 23.6. The number of H-pyrrole nitrogens is 1. The van der Waals surface area contributed by atoms with Crippen molar-refractivity contribution < 1.29 is 37.1 Å². The number of nitro benzene ring substituents is 1. The predicted octanol–water partition coefficient (Wildman–Crippen LogP) is 7.72. The van der Waals surface area contributed by atoms with E-state index in [4.69, 9.17) is 23.9 Å². The number of sulfonamides is 1. The number of pyridine rings is 1. The Morgan fingerprint density at radius 2 is 1.82 bits per heavy atom. The minimum absolute atomic E-state index is 0.0234. The number of fused-ring (bicyclic) bond motifs is 3. The molecule has 11 rings (SSSR count). The fraction of sp³-hybridized carbons (Fsp3) is 0.440. The van der Waals surface area contributed by atoms with Gasteiger partial charge in [0.2, 0.25) is 5.88 Å². The molecule has 3 aromatic carbocycles. The number of nitrogens with zero attached hydrogens (tertiary/aromatic N) is 5. The molecule has 2 aromatic heterocycles. The van der Waals surface area contributed by atoms with Crippen LogP contribution < -0.4 is 29.3 Å². The maximum absolute atomic E-state index is 14.5. The number of nitrogens with one attached hydrogen (secondary N) is 3. The number of hydrogen-bond acceptors (Lipinski definition) is 14. The first-order valence-corrected chi connectivity index (χ1v) is 25.1. The van der Waals surface area contributed by atoms with Crippen molar-refractivity contribution in [3.8, 4) is 11.6 Å². The molecule has 1 aliphatic carbocycles. The maximum Gasteiger partial charge on any atom is 0.297 e. The largest absolute Gasteiger partial charge is 0.489 e. The molecular formula is C50H56N8O9S. The second-order valence-corrected chi connectivity index (χ2v) is 21.0. The van der Waals surface area contributed by atoms with Crippen molar-refractivity contribution in [2.45, 2.75) is 87.6 Å². The Balaban J connectivity index is 0.858. The smallest absolute Gasteiger partial charge is 0.297 e. The zero-order valence-corrected chi connectivity index (χ0v) is 39.1. The van der Waals surface area contributed by atoms with Gasteiger partial charge in [0, 0.05) is 54.6 Å². The first kappa shape index (κ1) is 44.3. The molecule has 4 fully saturated rings. The van der Waals surface area contributed by atoms with Gasteiger partial charge in [-0.3, -0.25) is 19.8 Å². The first-order chi connectivity index (χ1) is 32.8. The number of likely N-dealkylation sites (tertiary alicyclic amines) is 1. The fourth-order valence-electron chi connectivity index (χ4n) is 11.5. The maximum atomic E-state index is 14.5. The molecule has 3 N–H and O–H groups in total. The number of rotatable bonds is 10. The molecule has 17 nitrogen and oxygen atoms in total. The average Bonchev–Trinajstić information content (AvgIpc) is 4.02. The van der Waals surface area contributed by atoms with E-state index in [0.29, 0.717) is 54.7 Å². The lowest BCUT2D eigenvalue weighted by molar-refractivity contribution is -0.384. The van der Waals surface area contributed by atoms with Crippen LogP contribution in [0.2, 0.25) is 0 Å². The third kappa shape index (κ3) is 8.09. The van der Waals surface area contributed by atoms with Crippen molar-refractivity contribution >= 4 is 61.0 Å². The second-order valence-electron chi connectivity index (χ2n) is 19.3. The SMILES string of the molecule is C=C(C)c1ccccc1[C@@H]1CCCN1C1CC2(CCN(c3ccc(C(=O)NS(=O)(=O)c4cc5c(c([N+](=O)[O-])c4)N[C@@H]([C@H]4COCCO4)CO5)c(N4C[C@@H](C)Oc5nc6[nH]ccc6cc54)c3)CC2)C1. The van der Waals surface area contributed by atoms with Gasteiger partial charge in [-0.25, -0.2) is 13.1 Å². The summed E-state index contributed by atoms with van der Waals surface area (Å²) in [7, 11) is -4.68. The van der Waals surface area contributed by atoms with Crippen LogP contribution in [0.4, 0.5) is 28.4 Å². The Morgan fingerprint density at radius 1 is 1.00 bits per heavy atom. The number of hydrogen-bond donors (Lipinski definition) is 3. The summed E-state index contributed by atoms with van der Waals surface area (Å²) < 4.78 is 54.0. The molecule has 1 amide bonds. The van der Waals surface area contributed by atoms with Gasteiger partial charge < -0.3 is 39.0 Å². The molecule has 4 atom stereocenters. The van der Waals surface area contributed by atoms with Crippen molar-refractivity contribution in [3.05, 3.63) is 106 Å². The number of allylic oxidation sites excluding steroid dienone is 1. The molecule has 0 bridgehead atoms. The molecule has 68 heavy (non-hydrogen) atoms. The van der Waals surface area contributed by atoms with E-state index in [-0.39, 0.29) is 41.7 Å². The number of anilines is 4. The van der Waals surface area contributed by atoms with Gasteiger partial charge in [-0.15, -0.1) is 0 Å². The lowest BCUT2D eigenvalue weighted by Crippen LogP contribution is -2.55. The third-order valence-electron chi connectivity index (χ3n) is 14.9. The van der Waals surface area contributed by atoms with Gasteiger partial charge in [-0.05, 0) is 106 Å². The molecule has 0 unspecified atom stereocenters. The monoisotopic (exact) mass is 944 g/mol. The summed E-state index contributed by atoms with van der Waals surface area (Å²) in [6, 6.07) is 20.7. The Morgan fingerprint density at radius 3 is 2.60 bits per heavy atom. The zero-order valence-electron chi connectivity index (χ0n) is 38.2. The number of carbonyl (C=O) groups is 1. The van der Waals surface area contributed by atoms with E-state index in [1.165, 1.54) is 42.9 Å². The van der Waals surface area contributed by atoms with E-state index in [9.17, 15) is 23.3 Å². The van der Waals surface area contributed by atoms with Gasteiger partial charge in [0.05, 0.1) is 53.5 Å². The zero-order chi connectivity index (χ0) is 46.9. The highest BCUT2D eigenvalue weighted by Gasteiger charge is 2.50. The molecule has 6 aliphatic rings. The molecule has 356 valence electrons.